The smallest absolute Gasteiger partial charge is 0.258 e. The van der Waals surface area contributed by atoms with Crippen LogP contribution in [0.3, 0.4) is 0 Å². The van der Waals surface area contributed by atoms with Crippen molar-refractivity contribution in [3.8, 4) is 0 Å². The molecule has 0 aromatic heterocycles. The van der Waals surface area contributed by atoms with E-state index in [9.17, 15) is 20.2 Å². The van der Waals surface area contributed by atoms with Crippen molar-refractivity contribution in [2.75, 3.05) is 0 Å². The number of nitrogens with zero attached hydrogens (tertiary/aromatic N) is 4. The Balaban J connectivity index is 3.17. The van der Waals surface area contributed by atoms with Crippen molar-refractivity contribution in [2.45, 2.75) is 12.1 Å². The van der Waals surface area contributed by atoms with E-state index in [0.29, 0.717) is 0 Å². The molecule has 0 bridgehead atoms. The maximum Gasteiger partial charge on any atom is 0.589 e. The predicted octanol–water partition coefficient (Wildman–Crippen LogP) is 1.50. The minimum absolute atomic E-state index is 0.360. The van der Waals surface area contributed by atoms with Crippen molar-refractivity contribution in [1.82, 2.24) is 0 Å². The van der Waals surface area contributed by atoms with Gasteiger partial charge in [0.25, 0.3) is 5.70 Å². The average molecular weight is 232 g/mol. The number of rotatable bonds is 2. The third kappa shape index (κ3) is 1.64. The van der Waals surface area contributed by atoms with E-state index in [1.807, 2.05) is 0 Å². The molecule has 0 saturated carbocycles. The molecule has 8 nitrogen and oxygen atoms in total. The van der Waals surface area contributed by atoms with E-state index in [-0.39, 0.29) is 5.70 Å². The highest BCUT2D eigenvalue weighted by Gasteiger charge is 2.62. The first kappa shape index (κ1) is 11.1. The van der Waals surface area contributed by atoms with E-state index >= 15 is 0 Å². The first-order chi connectivity index (χ1) is 6.94. The molecule has 0 aromatic carbocycles. The Morgan fingerprint density at radius 3 is 2.47 bits per heavy atom. The summed E-state index contributed by atoms with van der Waals surface area (Å²) in [4.78, 5) is 21.9. The van der Waals surface area contributed by atoms with Crippen molar-refractivity contribution < 1.29 is 9.85 Å². The Morgan fingerprint density at radius 2 is 2.13 bits per heavy atom. The summed E-state index contributed by atoms with van der Waals surface area (Å²) < 4.78 is 0. The van der Waals surface area contributed by atoms with Gasteiger partial charge in [0.05, 0.1) is 4.92 Å². The fraction of sp³-hybridized carbons (Fsp3) is 0.333. The monoisotopic (exact) mass is 231 g/mol. The summed E-state index contributed by atoms with van der Waals surface area (Å²) in [6.07, 6.45) is 1.32. The van der Waals surface area contributed by atoms with Crippen molar-refractivity contribution in [2.24, 2.45) is 0 Å². The molecule has 15 heavy (non-hydrogen) atoms. The van der Waals surface area contributed by atoms with Gasteiger partial charge in [0, 0.05) is 12.2 Å². The molecule has 0 amide bonds. The lowest BCUT2D eigenvalue weighted by Crippen LogP contribution is -2.36. The summed E-state index contributed by atoms with van der Waals surface area (Å²) >= 11 is 5.49. The largest absolute Gasteiger partial charge is 0.589 e. The Labute approximate surface area is 87.7 Å². The molecule has 9 heteroatoms. The second kappa shape index (κ2) is 3.62. The Hall–Kier alpha value is -2.01. The lowest BCUT2D eigenvalue weighted by molar-refractivity contribution is -0.543. The number of nitro groups is 2. The zero-order chi connectivity index (χ0) is 11.6. The van der Waals surface area contributed by atoms with Crippen LogP contribution >= 0.6 is 11.6 Å². The van der Waals surface area contributed by atoms with Gasteiger partial charge in [0.15, 0.2) is 5.03 Å². The molecule has 0 heterocycles. The molecule has 0 aromatic rings. The molecule has 78 valence electrons. The molecule has 1 unspecified atom stereocenters. The third-order valence-corrected chi connectivity index (χ3v) is 2.34. The lowest BCUT2D eigenvalue weighted by Gasteiger charge is -2.07. The van der Waals surface area contributed by atoms with Gasteiger partial charge in [-0.3, -0.25) is 20.2 Å². The van der Waals surface area contributed by atoms with E-state index in [0.717, 1.165) is 12.2 Å². The van der Waals surface area contributed by atoms with Crippen LogP contribution in [-0.4, -0.2) is 15.5 Å². The summed E-state index contributed by atoms with van der Waals surface area (Å²) in [5, 5.41) is 29.0. The summed E-state index contributed by atoms with van der Waals surface area (Å²) in [7, 11) is 0. The standard InChI is InChI=1S/C6H4ClN4O4/c7-5-3-4(10(12)13)1-2-6(5,9-8)11(14)15/h1,3H,2H2/q+1. The first-order valence-electron chi connectivity index (χ1n) is 3.67. The van der Waals surface area contributed by atoms with Gasteiger partial charge >= 0.3 is 5.66 Å². The Morgan fingerprint density at radius 1 is 1.53 bits per heavy atom. The van der Waals surface area contributed by atoms with Crippen molar-refractivity contribution >= 4 is 11.6 Å². The van der Waals surface area contributed by atoms with Crippen molar-refractivity contribution in [3.05, 3.63) is 48.1 Å². The molecule has 0 radical (unpaired) electrons. The van der Waals surface area contributed by atoms with Crippen LogP contribution < -0.4 is 0 Å². The molecule has 1 aliphatic rings. The van der Waals surface area contributed by atoms with E-state index < -0.39 is 27.0 Å². The molecule has 1 rings (SSSR count). The molecule has 1 aliphatic carbocycles. The second-order valence-corrected chi connectivity index (χ2v) is 3.16. The third-order valence-electron chi connectivity index (χ3n) is 1.93. The van der Waals surface area contributed by atoms with E-state index in [1.165, 1.54) is 0 Å². The maximum atomic E-state index is 10.6. The summed E-state index contributed by atoms with van der Waals surface area (Å²) in [6, 6.07) is 0. The van der Waals surface area contributed by atoms with Gasteiger partial charge in [0.2, 0.25) is 10.4 Å². The number of halogens is 1. The fourth-order valence-electron chi connectivity index (χ4n) is 1.06. The molecule has 0 fully saturated rings. The van der Waals surface area contributed by atoms with Crippen molar-refractivity contribution in [3.63, 3.8) is 0 Å². The van der Waals surface area contributed by atoms with Crippen LogP contribution in [-0.2, 0) is 0 Å². The number of hydrogen-bond acceptors (Lipinski definition) is 5. The van der Waals surface area contributed by atoms with Crippen LogP contribution in [0.15, 0.2) is 22.9 Å². The summed E-state index contributed by atoms with van der Waals surface area (Å²) in [6.45, 7) is 0. The van der Waals surface area contributed by atoms with Gasteiger partial charge in [-0.05, 0) is 0 Å². The van der Waals surface area contributed by atoms with Gasteiger partial charge in [-0.15, -0.1) is 0 Å². The lowest BCUT2D eigenvalue weighted by atomic mass is 10.0. The van der Waals surface area contributed by atoms with E-state index in [4.69, 9.17) is 17.0 Å². The summed E-state index contributed by atoms with van der Waals surface area (Å²) in [5.41, 5.74) is -2.57. The molecular weight excluding hydrogens is 228 g/mol. The van der Waals surface area contributed by atoms with Crippen LogP contribution in [0.1, 0.15) is 6.42 Å². The molecule has 0 aliphatic heterocycles. The zero-order valence-corrected chi connectivity index (χ0v) is 7.92. The Bertz CT molecular complexity index is 437. The maximum absolute atomic E-state index is 10.6. The number of diazo groups is 1. The van der Waals surface area contributed by atoms with Crippen LogP contribution in [0.5, 0.6) is 0 Å². The molecular formula is C6H4ClN4O4+. The summed E-state index contributed by atoms with van der Waals surface area (Å²) in [5.74, 6) is 0. The first-order valence-corrected chi connectivity index (χ1v) is 4.05. The van der Waals surface area contributed by atoms with Gasteiger partial charge in [-0.25, -0.2) is 0 Å². The van der Waals surface area contributed by atoms with E-state index in [1.54, 1.807) is 0 Å². The SMILES string of the molecule is N#[N+]C1([N+](=O)[O-])CC=C([N+](=O)[O-])C=C1Cl. The topological polar surface area (TPSA) is 114 Å². The highest BCUT2D eigenvalue weighted by molar-refractivity contribution is 6.31. The van der Waals surface area contributed by atoms with Gasteiger partial charge in [-0.1, -0.05) is 11.6 Å². The van der Waals surface area contributed by atoms with Crippen LogP contribution in [0, 0.1) is 25.6 Å². The molecule has 0 spiro atoms. The highest BCUT2D eigenvalue weighted by Crippen LogP contribution is 2.35. The number of hydrogen-bond donors (Lipinski definition) is 0. The quantitative estimate of drug-likeness (QED) is 0.406. The molecule has 0 saturated heterocycles. The van der Waals surface area contributed by atoms with Crippen LogP contribution in [0.2, 0.25) is 0 Å². The van der Waals surface area contributed by atoms with Gasteiger partial charge in [0.1, 0.15) is 11.3 Å². The highest BCUT2D eigenvalue weighted by atomic mass is 35.5. The van der Waals surface area contributed by atoms with Crippen LogP contribution in [0.25, 0.3) is 4.98 Å². The van der Waals surface area contributed by atoms with E-state index in [2.05, 4.69) is 4.98 Å². The van der Waals surface area contributed by atoms with Gasteiger partial charge in [-0.2, -0.15) is 0 Å². The Kier molecular flexibility index (Phi) is 2.67. The minimum Gasteiger partial charge on any atom is -0.258 e. The van der Waals surface area contributed by atoms with Crippen LogP contribution in [0.4, 0.5) is 0 Å². The molecule has 1 atom stereocenters. The van der Waals surface area contributed by atoms with Crippen molar-refractivity contribution in [1.29, 1.82) is 5.39 Å². The fourth-order valence-corrected chi connectivity index (χ4v) is 1.36. The average Bonchev–Trinajstić information content (AvgIpc) is 2.17. The normalized spacial score (nSPS) is 24.8. The second-order valence-electron chi connectivity index (χ2n) is 2.76. The van der Waals surface area contributed by atoms with Gasteiger partial charge < -0.3 is 0 Å². The zero-order valence-electron chi connectivity index (χ0n) is 7.16. The predicted molar refractivity (Wildman–Crippen MR) is 48.4 cm³/mol. The number of allylic oxidation sites excluding steroid dienone is 1. The minimum atomic E-state index is -2.21. The molecule has 0 N–H and O–H groups in total.